The van der Waals surface area contributed by atoms with E-state index in [1.165, 1.54) is 6.07 Å². The second-order valence-corrected chi connectivity index (χ2v) is 2.66. The Labute approximate surface area is 71.6 Å². The van der Waals surface area contributed by atoms with Crippen molar-refractivity contribution in [2.75, 3.05) is 7.05 Å². The molecule has 0 saturated heterocycles. The van der Waals surface area contributed by atoms with Crippen LogP contribution in [0.25, 0.3) is 0 Å². The van der Waals surface area contributed by atoms with Crippen molar-refractivity contribution >= 4 is 0 Å². The summed E-state index contributed by atoms with van der Waals surface area (Å²) in [5.74, 6) is -0.217. The standard InChI is InChI=1S/C9H13FN2/c1-12-6-7-2-3-8(5-11)9(10)4-7/h2-4,12H,5-6,11H2,1H3. The van der Waals surface area contributed by atoms with Crippen LogP contribution in [0.15, 0.2) is 18.2 Å². The lowest BCUT2D eigenvalue weighted by Crippen LogP contribution is -2.06. The zero-order chi connectivity index (χ0) is 8.97. The average Bonchev–Trinajstić information content (AvgIpc) is 2.05. The molecule has 0 radical (unpaired) electrons. The highest BCUT2D eigenvalue weighted by Gasteiger charge is 2.00. The van der Waals surface area contributed by atoms with E-state index in [9.17, 15) is 4.39 Å². The maximum Gasteiger partial charge on any atom is 0.128 e. The van der Waals surface area contributed by atoms with Gasteiger partial charge in [0.1, 0.15) is 5.82 Å². The molecule has 0 bridgehead atoms. The minimum atomic E-state index is -0.217. The Balaban J connectivity index is 2.86. The Morgan fingerprint density at radius 3 is 2.75 bits per heavy atom. The summed E-state index contributed by atoms with van der Waals surface area (Å²) in [4.78, 5) is 0. The number of hydrogen-bond donors (Lipinski definition) is 2. The Hall–Kier alpha value is -0.930. The van der Waals surface area contributed by atoms with Crippen molar-refractivity contribution in [2.45, 2.75) is 13.1 Å². The number of nitrogens with two attached hydrogens (primary N) is 1. The summed E-state index contributed by atoms with van der Waals surface area (Å²) in [6.45, 7) is 0.938. The number of rotatable bonds is 3. The maximum atomic E-state index is 13.1. The molecule has 0 spiro atoms. The molecule has 0 aliphatic heterocycles. The molecule has 3 heteroatoms. The highest BCUT2D eigenvalue weighted by atomic mass is 19.1. The normalized spacial score (nSPS) is 10.2. The lowest BCUT2D eigenvalue weighted by Gasteiger charge is -2.03. The maximum absolute atomic E-state index is 13.1. The third-order valence-electron chi connectivity index (χ3n) is 1.72. The van der Waals surface area contributed by atoms with Gasteiger partial charge in [-0.2, -0.15) is 0 Å². The second-order valence-electron chi connectivity index (χ2n) is 2.66. The van der Waals surface area contributed by atoms with E-state index < -0.39 is 0 Å². The van der Waals surface area contributed by atoms with Crippen molar-refractivity contribution in [2.24, 2.45) is 5.73 Å². The van der Waals surface area contributed by atoms with Gasteiger partial charge < -0.3 is 11.1 Å². The SMILES string of the molecule is CNCc1ccc(CN)c(F)c1. The summed E-state index contributed by atoms with van der Waals surface area (Å²) in [5, 5.41) is 2.95. The Kier molecular flexibility index (Phi) is 3.19. The molecular weight excluding hydrogens is 155 g/mol. The number of benzene rings is 1. The molecule has 2 nitrogen and oxygen atoms in total. The fraction of sp³-hybridized carbons (Fsp3) is 0.333. The van der Waals surface area contributed by atoms with Crippen LogP contribution in [0, 0.1) is 5.82 Å². The van der Waals surface area contributed by atoms with Gasteiger partial charge in [-0.15, -0.1) is 0 Å². The molecule has 0 fully saturated rings. The Morgan fingerprint density at radius 1 is 1.50 bits per heavy atom. The lowest BCUT2D eigenvalue weighted by atomic mass is 10.1. The van der Waals surface area contributed by atoms with Crippen molar-refractivity contribution in [3.63, 3.8) is 0 Å². The first-order chi connectivity index (χ1) is 5.77. The van der Waals surface area contributed by atoms with Gasteiger partial charge in [-0.05, 0) is 18.7 Å². The fourth-order valence-electron chi connectivity index (χ4n) is 1.07. The molecule has 1 aromatic rings. The molecule has 0 amide bonds. The third kappa shape index (κ3) is 2.03. The van der Waals surface area contributed by atoms with Crippen molar-refractivity contribution in [3.8, 4) is 0 Å². The van der Waals surface area contributed by atoms with Crippen molar-refractivity contribution in [3.05, 3.63) is 35.1 Å². The molecule has 0 aliphatic carbocycles. The van der Waals surface area contributed by atoms with Crippen molar-refractivity contribution in [1.82, 2.24) is 5.32 Å². The van der Waals surface area contributed by atoms with Gasteiger partial charge in [0, 0.05) is 18.7 Å². The van der Waals surface area contributed by atoms with Crippen LogP contribution in [0.4, 0.5) is 4.39 Å². The Morgan fingerprint density at radius 2 is 2.25 bits per heavy atom. The van der Waals surface area contributed by atoms with E-state index in [-0.39, 0.29) is 12.4 Å². The number of nitrogens with one attached hydrogen (secondary N) is 1. The lowest BCUT2D eigenvalue weighted by molar-refractivity contribution is 0.607. The second kappa shape index (κ2) is 4.18. The van der Waals surface area contributed by atoms with E-state index in [0.717, 1.165) is 5.56 Å². The molecule has 0 heterocycles. The van der Waals surface area contributed by atoms with E-state index in [4.69, 9.17) is 5.73 Å². The Bertz CT molecular complexity index is 261. The molecule has 0 aliphatic rings. The summed E-state index contributed by atoms with van der Waals surface area (Å²) in [5.41, 5.74) is 6.82. The monoisotopic (exact) mass is 168 g/mol. The van der Waals surface area contributed by atoms with Gasteiger partial charge in [-0.1, -0.05) is 12.1 Å². The van der Waals surface area contributed by atoms with E-state index in [1.807, 2.05) is 13.1 Å². The van der Waals surface area contributed by atoms with Gasteiger partial charge in [-0.25, -0.2) is 4.39 Å². The molecular formula is C9H13FN2. The summed E-state index contributed by atoms with van der Waals surface area (Å²) < 4.78 is 13.1. The van der Waals surface area contributed by atoms with Crippen LogP contribution < -0.4 is 11.1 Å². The minimum absolute atomic E-state index is 0.217. The zero-order valence-corrected chi connectivity index (χ0v) is 7.10. The highest BCUT2D eigenvalue weighted by Crippen LogP contribution is 2.09. The molecule has 0 unspecified atom stereocenters. The summed E-state index contributed by atoms with van der Waals surface area (Å²) in [6.07, 6.45) is 0. The van der Waals surface area contributed by atoms with Crippen LogP contribution in [0.3, 0.4) is 0 Å². The van der Waals surface area contributed by atoms with Gasteiger partial charge >= 0.3 is 0 Å². The van der Waals surface area contributed by atoms with Gasteiger partial charge in [0.05, 0.1) is 0 Å². The van der Waals surface area contributed by atoms with E-state index >= 15 is 0 Å². The first-order valence-electron chi connectivity index (χ1n) is 3.90. The van der Waals surface area contributed by atoms with Crippen LogP contribution in [0.1, 0.15) is 11.1 Å². The van der Waals surface area contributed by atoms with Crippen LogP contribution in [0.5, 0.6) is 0 Å². The zero-order valence-electron chi connectivity index (χ0n) is 7.10. The fourth-order valence-corrected chi connectivity index (χ4v) is 1.07. The summed E-state index contributed by atoms with van der Waals surface area (Å²) >= 11 is 0. The minimum Gasteiger partial charge on any atom is -0.326 e. The van der Waals surface area contributed by atoms with Gasteiger partial charge in [0.15, 0.2) is 0 Å². The molecule has 0 saturated carbocycles. The van der Waals surface area contributed by atoms with Crippen LogP contribution in [-0.2, 0) is 13.1 Å². The van der Waals surface area contributed by atoms with Crippen LogP contribution in [0.2, 0.25) is 0 Å². The van der Waals surface area contributed by atoms with Crippen LogP contribution >= 0.6 is 0 Å². The van der Waals surface area contributed by atoms with E-state index in [0.29, 0.717) is 12.1 Å². The molecule has 3 N–H and O–H groups in total. The van der Waals surface area contributed by atoms with Gasteiger partial charge in [0.2, 0.25) is 0 Å². The molecule has 1 rings (SSSR count). The predicted octanol–water partition coefficient (Wildman–Crippen LogP) is 1.00. The highest BCUT2D eigenvalue weighted by molar-refractivity contribution is 5.24. The molecule has 0 atom stereocenters. The largest absolute Gasteiger partial charge is 0.326 e. The summed E-state index contributed by atoms with van der Waals surface area (Å²) in [6, 6.07) is 5.11. The van der Waals surface area contributed by atoms with Crippen molar-refractivity contribution < 1.29 is 4.39 Å². The topological polar surface area (TPSA) is 38.0 Å². The first kappa shape index (κ1) is 9.16. The molecule has 66 valence electrons. The predicted molar refractivity (Wildman–Crippen MR) is 47.1 cm³/mol. The number of halogens is 1. The van der Waals surface area contributed by atoms with E-state index in [1.54, 1.807) is 6.07 Å². The third-order valence-corrected chi connectivity index (χ3v) is 1.72. The first-order valence-corrected chi connectivity index (χ1v) is 3.90. The van der Waals surface area contributed by atoms with Crippen LogP contribution in [-0.4, -0.2) is 7.05 Å². The van der Waals surface area contributed by atoms with E-state index in [2.05, 4.69) is 5.32 Å². The molecule has 0 aromatic heterocycles. The molecule has 12 heavy (non-hydrogen) atoms. The van der Waals surface area contributed by atoms with Gasteiger partial charge in [0.25, 0.3) is 0 Å². The average molecular weight is 168 g/mol. The summed E-state index contributed by atoms with van der Waals surface area (Å²) in [7, 11) is 1.83. The van der Waals surface area contributed by atoms with Crippen molar-refractivity contribution in [1.29, 1.82) is 0 Å². The smallest absolute Gasteiger partial charge is 0.128 e. The quantitative estimate of drug-likeness (QED) is 0.706. The number of hydrogen-bond acceptors (Lipinski definition) is 2. The molecule has 1 aromatic carbocycles. The van der Waals surface area contributed by atoms with Gasteiger partial charge in [-0.3, -0.25) is 0 Å².